The molecule has 1 fully saturated rings. The van der Waals surface area contributed by atoms with Crippen molar-refractivity contribution in [1.29, 1.82) is 0 Å². The average Bonchev–Trinajstić information content (AvgIpc) is 3.22. The van der Waals surface area contributed by atoms with Gasteiger partial charge in [-0.25, -0.2) is 0 Å². The molecule has 0 unspecified atom stereocenters. The summed E-state index contributed by atoms with van der Waals surface area (Å²) in [6.45, 7) is 4.46. The minimum Gasteiger partial charge on any atom is -0.331 e. The number of carbonyl (C=O) groups is 1. The molecule has 1 aromatic heterocycles. The van der Waals surface area contributed by atoms with Crippen molar-refractivity contribution < 1.29 is 4.79 Å². The first-order chi connectivity index (χ1) is 13.5. The number of carbonyl (C=O) groups excluding carboxylic acids is 1. The molecule has 1 aliphatic rings. The summed E-state index contributed by atoms with van der Waals surface area (Å²) in [5.74, 6) is 0.00656. The number of hydrogen-bond acceptors (Lipinski definition) is 2. The van der Waals surface area contributed by atoms with Crippen molar-refractivity contribution in [3.05, 3.63) is 81.1 Å². The van der Waals surface area contributed by atoms with E-state index < -0.39 is 0 Å². The van der Waals surface area contributed by atoms with E-state index in [1.54, 1.807) is 0 Å². The maximum Gasteiger partial charge on any atom is 0.254 e. The third kappa shape index (κ3) is 3.59. The molecule has 4 heteroatoms. The topological polar surface area (TPSA) is 53.2 Å². The number of H-pyrrole nitrogens is 1. The lowest BCUT2D eigenvalue weighted by Crippen LogP contribution is -2.39. The maximum absolute atomic E-state index is 13.2. The van der Waals surface area contributed by atoms with Crippen molar-refractivity contribution in [3.8, 4) is 0 Å². The van der Waals surface area contributed by atoms with Crippen molar-refractivity contribution in [3.63, 3.8) is 0 Å². The molecular formula is C24H26N2O2. The van der Waals surface area contributed by atoms with Crippen molar-refractivity contribution >= 4 is 16.8 Å². The van der Waals surface area contributed by atoms with Crippen LogP contribution in [-0.4, -0.2) is 21.8 Å². The standard InChI is InChI=1S/C24H26N2O2/c1-16-12-19-14-20(23(27)25-22(19)13-17(16)2)15-26(21-10-6-7-11-21)24(28)18-8-4-3-5-9-18/h3-5,8-9,12-14,21H,6-7,10-11,15H2,1-2H3,(H,25,27). The third-order valence-electron chi connectivity index (χ3n) is 5.92. The second-order valence-corrected chi connectivity index (χ2v) is 7.88. The first-order valence-corrected chi connectivity index (χ1v) is 10.0. The van der Waals surface area contributed by atoms with Crippen molar-refractivity contribution in [1.82, 2.24) is 9.88 Å². The lowest BCUT2D eigenvalue weighted by Gasteiger charge is -2.29. The van der Waals surface area contributed by atoms with Crippen LogP contribution in [0.2, 0.25) is 0 Å². The summed E-state index contributed by atoms with van der Waals surface area (Å²) in [6.07, 6.45) is 4.27. The number of amides is 1. The predicted molar refractivity (Wildman–Crippen MR) is 113 cm³/mol. The lowest BCUT2D eigenvalue weighted by molar-refractivity contribution is 0.0664. The van der Waals surface area contributed by atoms with Crippen LogP contribution in [0.3, 0.4) is 0 Å². The van der Waals surface area contributed by atoms with Gasteiger partial charge in [-0.05, 0) is 73.5 Å². The Morgan fingerprint density at radius 1 is 1.04 bits per heavy atom. The Hall–Kier alpha value is -2.88. The molecule has 1 amide bonds. The van der Waals surface area contributed by atoms with E-state index in [0.717, 1.165) is 42.1 Å². The molecule has 0 saturated heterocycles. The number of aromatic nitrogens is 1. The van der Waals surface area contributed by atoms with Crippen LogP contribution in [0.5, 0.6) is 0 Å². The first kappa shape index (κ1) is 18.5. The minimum absolute atomic E-state index is 0.00656. The SMILES string of the molecule is Cc1cc2cc(CN(C(=O)c3ccccc3)C3CCCC3)c(=O)[nH]c2cc1C. The number of nitrogens with one attached hydrogen (secondary N) is 1. The fourth-order valence-corrected chi connectivity index (χ4v) is 4.15. The van der Waals surface area contributed by atoms with Gasteiger partial charge in [0, 0.05) is 22.7 Å². The Morgan fingerprint density at radius 3 is 2.43 bits per heavy atom. The summed E-state index contributed by atoms with van der Waals surface area (Å²) in [4.78, 5) is 30.9. The number of fused-ring (bicyclic) bond motifs is 1. The molecule has 1 N–H and O–H groups in total. The van der Waals surface area contributed by atoms with Crippen LogP contribution in [-0.2, 0) is 6.54 Å². The number of pyridine rings is 1. The number of nitrogens with zero attached hydrogens (tertiary/aromatic N) is 1. The Labute approximate surface area is 165 Å². The smallest absolute Gasteiger partial charge is 0.254 e. The monoisotopic (exact) mass is 374 g/mol. The highest BCUT2D eigenvalue weighted by Crippen LogP contribution is 2.27. The van der Waals surface area contributed by atoms with Crippen molar-refractivity contribution in [2.24, 2.45) is 0 Å². The van der Waals surface area contributed by atoms with Crippen LogP contribution in [0.15, 0.2) is 53.3 Å². The van der Waals surface area contributed by atoms with Gasteiger partial charge >= 0.3 is 0 Å². The molecule has 2 aromatic carbocycles. The Bertz CT molecular complexity index is 1060. The summed E-state index contributed by atoms with van der Waals surface area (Å²) in [6, 6.07) is 15.6. The fraction of sp³-hybridized carbons (Fsp3) is 0.333. The normalized spacial score (nSPS) is 14.5. The summed E-state index contributed by atoms with van der Waals surface area (Å²) >= 11 is 0. The zero-order valence-electron chi connectivity index (χ0n) is 16.5. The van der Waals surface area contributed by atoms with E-state index in [4.69, 9.17) is 0 Å². The molecular weight excluding hydrogens is 348 g/mol. The molecule has 3 aromatic rings. The van der Waals surface area contributed by atoms with Gasteiger partial charge in [0.2, 0.25) is 0 Å². The van der Waals surface area contributed by atoms with E-state index in [1.165, 1.54) is 5.56 Å². The molecule has 0 atom stereocenters. The lowest BCUT2D eigenvalue weighted by atomic mass is 10.0. The molecule has 1 heterocycles. The third-order valence-corrected chi connectivity index (χ3v) is 5.92. The molecule has 144 valence electrons. The van der Waals surface area contributed by atoms with Gasteiger partial charge in [-0.2, -0.15) is 0 Å². The largest absolute Gasteiger partial charge is 0.331 e. The number of benzene rings is 2. The summed E-state index contributed by atoms with van der Waals surface area (Å²) < 4.78 is 0. The Balaban J connectivity index is 1.72. The van der Waals surface area contributed by atoms with Gasteiger partial charge in [-0.15, -0.1) is 0 Å². The van der Waals surface area contributed by atoms with E-state index in [9.17, 15) is 9.59 Å². The number of hydrogen-bond donors (Lipinski definition) is 1. The molecule has 28 heavy (non-hydrogen) atoms. The van der Waals surface area contributed by atoms with E-state index in [1.807, 2.05) is 54.3 Å². The van der Waals surface area contributed by atoms with E-state index >= 15 is 0 Å². The van der Waals surface area contributed by atoms with Crippen LogP contribution in [0.25, 0.3) is 10.9 Å². The summed E-state index contributed by atoms with van der Waals surface area (Å²) in [5, 5.41) is 1.01. The zero-order chi connectivity index (χ0) is 19.7. The Kier molecular flexibility index (Phi) is 5.03. The van der Waals surface area contributed by atoms with Gasteiger partial charge in [0.25, 0.3) is 11.5 Å². The second kappa shape index (κ2) is 7.63. The summed E-state index contributed by atoms with van der Waals surface area (Å²) in [7, 11) is 0. The summed E-state index contributed by atoms with van der Waals surface area (Å²) in [5.41, 5.74) is 4.41. The Morgan fingerprint density at radius 2 is 1.71 bits per heavy atom. The molecule has 0 radical (unpaired) electrons. The average molecular weight is 374 g/mol. The minimum atomic E-state index is -0.111. The van der Waals surface area contributed by atoms with Crippen molar-refractivity contribution in [2.45, 2.75) is 52.1 Å². The van der Waals surface area contributed by atoms with E-state index in [-0.39, 0.29) is 17.5 Å². The van der Waals surface area contributed by atoms with Gasteiger partial charge in [0.15, 0.2) is 0 Å². The van der Waals surface area contributed by atoms with Crippen LogP contribution in [0, 0.1) is 13.8 Å². The second-order valence-electron chi connectivity index (χ2n) is 7.88. The predicted octanol–water partition coefficient (Wildman–Crippen LogP) is 4.73. The van der Waals surface area contributed by atoms with E-state index in [0.29, 0.717) is 17.7 Å². The number of aromatic amines is 1. The highest BCUT2D eigenvalue weighted by Gasteiger charge is 2.28. The molecule has 4 rings (SSSR count). The number of rotatable bonds is 4. The van der Waals surface area contributed by atoms with Crippen LogP contribution in [0.4, 0.5) is 0 Å². The highest BCUT2D eigenvalue weighted by atomic mass is 16.2. The molecule has 0 aliphatic heterocycles. The number of aryl methyl sites for hydroxylation is 2. The van der Waals surface area contributed by atoms with Crippen LogP contribution >= 0.6 is 0 Å². The van der Waals surface area contributed by atoms with Gasteiger partial charge in [-0.1, -0.05) is 31.0 Å². The van der Waals surface area contributed by atoms with Crippen LogP contribution < -0.4 is 5.56 Å². The molecule has 1 aliphatic carbocycles. The van der Waals surface area contributed by atoms with Gasteiger partial charge in [0.05, 0.1) is 6.54 Å². The quantitative estimate of drug-likeness (QED) is 0.718. The van der Waals surface area contributed by atoms with E-state index in [2.05, 4.69) is 18.0 Å². The zero-order valence-corrected chi connectivity index (χ0v) is 16.5. The molecule has 0 spiro atoms. The van der Waals surface area contributed by atoms with Gasteiger partial charge < -0.3 is 9.88 Å². The molecule has 1 saturated carbocycles. The maximum atomic E-state index is 13.2. The van der Waals surface area contributed by atoms with Crippen LogP contribution in [0.1, 0.15) is 52.7 Å². The van der Waals surface area contributed by atoms with Gasteiger partial charge in [-0.3, -0.25) is 9.59 Å². The first-order valence-electron chi connectivity index (χ1n) is 10.0. The molecule has 4 nitrogen and oxygen atoms in total. The van der Waals surface area contributed by atoms with Gasteiger partial charge in [0.1, 0.15) is 0 Å². The highest BCUT2D eigenvalue weighted by molar-refractivity contribution is 5.94. The fourth-order valence-electron chi connectivity index (χ4n) is 4.15. The van der Waals surface area contributed by atoms with Crippen molar-refractivity contribution in [2.75, 3.05) is 0 Å². The molecule has 0 bridgehead atoms.